The van der Waals surface area contributed by atoms with Crippen molar-refractivity contribution in [2.24, 2.45) is 0 Å². The highest BCUT2D eigenvalue weighted by atomic mass is 35.5. The molecule has 2 fully saturated rings. The van der Waals surface area contributed by atoms with E-state index in [2.05, 4.69) is 16.3 Å². The number of aliphatic hydroxyl groups is 1. The van der Waals surface area contributed by atoms with Crippen LogP contribution in [-0.4, -0.2) is 43.6 Å². The maximum atomic E-state index is 9.54. The van der Waals surface area contributed by atoms with Gasteiger partial charge in [0.15, 0.2) is 0 Å². The van der Waals surface area contributed by atoms with Crippen molar-refractivity contribution < 1.29 is 9.84 Å². The average Bonchev–Trinajstić information content (AvgIpc) is 3.30. The van der Waals surface area contributed by atoms with Crippen LogP contribution in [0, 0.1) is 0 Å². The molecule has 5 heteroatoms. The first-order valence-electron chi connectivity index (χ1n) is 7.25. The molecule has 1 saturated heterocycles. The smallest absolute Gasteiger partial charge is 0.0755 e. The zero-order valence-electron chi connectivity index (χ0n) is 11.5. The van der Waals surface area contributed by atoms with Gasteiger partial charge >= 0.3 is 0 Å². The molecule has 0 radical (unpaired) electrons. The first kappa shape index (κ1) is 14.1. The Bertz CT molecular complexity index is 465. The summed E-state index contributed by atoms with van der Waals surface area (Å²) in [6.45, 7) is 3.01. The minimum atomic E-state index is 0.0156. The number of nitrogens with zero attached hydrogens (tertiary/aromatic N) is 1. The molecular weight excluding hydrogens is 276 g/mol. The van der Waals surface area contributed by atoms with Gasteiger partial charge in [-0.1, -0.05) is 17.7 Å². The lowest BCUT2D eigenvalue weighted by molar-refractivity contribution is 0.0726. The Morgan fingerprint density at radius 1 is 1.40 bits per heavy atom. The molecule has 1 aromatic carbocycles. The second-order valence-electron chi connectivity index (χ2n) is 5.53. The summed E-state index contributed by atoms with van der Waals surface area (Å²) in [5.41, 5.74) is 2.36. The van der Waals surface area contributed by atoms with Crippen molar-refractivity contribution >= 4 is 17.3 Å². The third-order valence-corrected chi connectivity index (χ3v) is 4.19. The van der Waals surface area contributed by atoms with Crippen LogP contribution in [0.2, 0.25) is 5.02 Å². The number of hydrogen-bond donors (Lipinski definition) is 2. The third kappa shape index (κ3) is 3.26. The lowest BCUT2D eigenvalue weighted by Crippen LogP contribution is -2.48. The molecule has 1 heterocycles. The molecule has 1 aromatic rings. The number of anilines is 1. The average molecular weight is 297 g/mol. The number of aliphatic hydroxyl groups excluding tert-OH is 1. The van der Waals surface area contributed by atoms with E-state index in [1.54, 1.807) is 0 Å². The van der Waals surface area contributed by atoms with E-state index >= 15 is 0 Å². The number of rotatable bonds is 5. The van der Waals surface area contributed by atoms with E-state index in [1.165, 1.54) is 18.4 Å². The SMILES string of the molecule is OCC1COCCN1c1cc(Cl)ccc1CNC1CC1. The summed E-state index contributed by atoms with van der Waals surface area (Å²) in [6.07, 6.45) is 2.56. The van der Waals surface area contributed by atoms with Gasteiger partial charge in [-0.2, -0.15) is 0 Å². The van der Waals surface area contributed by atoms with Crippen molar-refractivity contribution in [1.29, 1.82) is 0 Å². The zero-order valence-corrected chi connectivity index (χ0v) is 12.3. The number of hydrogen-bond acceptors (Lipinski definition) is 4. The predicted octanol–water partition coefficient (Wildman–Crippen LogP) is 1.79. The van der Waals surface area contributed by atoms with Crippen LogP contribution in [-0.2, 0) is 11.3 Å². The summed E-state index contributed by atoms with van der Waals surface area (Å²) in [5.74, 6) is 0. The van der Waals surface area contributed by atoms with Gasteiger partial charge in [-0.05, 0) is 30.5 Å². The predicted molar refractivity (Wildman–Crippen MR) is 80.4 cm³/mol. The van der Waals surface area contributed by atoms with E-state index in [4.69, 9.17) is 16.3 Å². The highest BCUT2D eigenvalue weighted by Crippen LogP contribution is 2.29. The molecule has 1 aliphatic carbocycles. The summed E-state index contributed by atoms with van der Waals surface area (Å²) in [6, 6.07) is 6.71. The van der Waals surface area contributed by atoms with E-state index in [1.807, 2.05) is 12.1 Å². The monoisotopic (exact) mass is 296 g/mol. The summed E-state index contributed by atoms with van der Waals surface area (Å²) < 4.78 is 5.45. The first-order valence-corrected chi connectivity index (χ1v) is 7.63. The van der Waals surface area contributed by atoms with E-state index in [0.717, 1.165) is 23.8 Å². The largest absolute Gasteiger partial charge is 0.394 e. The number of nitrogens with one attached hydrogen (secondary N) is 1. The Kier molecular flexibility index (Phi) is 4.46. The fraction of sp³-hybridized carbons (Fsp3) is 0.600. The molecule has 4 nitrogen and oxygen atoms in total. The second kappa shape index (κ2) is 6.31. The Hall–Kier alpha value is -0.810. The molecule has 20 heavy (non-hydrogen) atoms. The molecule has 0 amide bonds. The molecule has 1 aliphatic heterocycles. The topological polar surface area (TPSA) is 44.7 Å². The van der Waals surface area contributed by atoms with Crippen molar-refractivity contribution in [2.45, 2.75) is 31.5 Å². The normalized spacial score (nSPS) is 23.1. The van der Waals surface area contributed by atoms with Gasteiger partial charge in [-0.15, -0.1) is 0 Å². The zero-order chi connectivity index (χ0) is 13.9. The van der Waals surface area contributed by atoms with Gasteiger partial charge < -0.3 is 20.1 Å². The molecule has 3 rings (SSSR count). The number of ether oxygens (including phenoxy) is 1. The fourth-order valence-corrected chi connectivity index (χ4v) is 2.79. The summed E-state index contributed by atoms with van der Waals surface area (Å²) >= 11 is 6.16. The maximum Gasteiger partial charge on any atom is 0.0755 e. The van der Waals surface area contributed by atoms with Gasteiger partial charge in [0.25, 0.3) is 0 Å². The van der Waals surface area contributed by atoms with Crippen LogP contribution >= 0.6 is 11.6 Å². The quantitative estimate of drug-likeness (QED) is 0.869. The standard InChI is InChI=1S/C15H21ClN2O2/c16-12-2-1-11(8-17-13-3-4-13)15(7-12)18-5-6-20-10-14(18)9-19/h1-2,7,13-14,17,19H,3-6,8-10H2. The highest BCUT2D eigenvalue weighted by molar-refractivity contribution is 6.30. The van der Waals surface area contributed by atoms with Crippen LogP contribution in [0.4, 0.5) is 5.69 Å². The van der Waals surface area contributed by atoms with Gasteiger partial charge in [-0.25, -0.2) is 0 Å². The lowest BCUT2D eigenvalue weighted by atomic mass is 10.1. The van der Waals surface area contributed by atoms with Gasteiger partial charge in [0.2, 0.25) is 0 Å². The van der Waals surface area contributed by atoms with Crippen LogP contribution in [0.3, 0.4) is 0 Å². The Morgan fingerprint density at radius 2 is 2.25 bits per heavy atom. The molecule has 2 N–H and O–H groups in total. The van der Waals surface area contributed by atoms with Crippen molar-refractivity contribution in [2.75, 3.05) is 31.3 Å². The summed E-state index contributed by atoms with van der Waals surface area (Å²) in [7, 11) is 0. The molecular formula is C15H21ClN2O2. The molecule has 0 aromatic heterocycles. The van der Waals surface area contributed by atoms with E-state index in [9.17, 15) is 5.11 Å². The number of benzene rings is 1. The van der Waals surface area contributed by atoms with Crippen LogP contribution in [0.25, 0.3) is 0 Å². The Morgan fingerprint density at radius 3 is 3.00 bits per heavy atom. The van der Waals surface area contributed by atoms with E-state index in [0.29, 0.717) is 19.3 Å². The molecule has 1 saturated carbocycles. The van der Waals surface area contributed by atoms with Gasteiger partial charge in [0.1, 0.15) is 0 Å². The Labute approximate surface area is 124 Å². The van der Waals surface area contributed by atoms with Gasteiger partial charge in [-0.3, -0.25) is 0 Å². The molecule has 2 aliphatic rings. The van der Waals surface area contributed by atoms with E-state index < -0.39 is 0 Å². The molecule has 1 atom stereocenters. The lowest BCUT2D eigenvalue weighted by Gasteiger charge is -2.37. The molecule has 1 unspecified atom stereocenters. The minimum absolute atomic E-state index is 0.0156. The van der Waals surface area contributed by atoms with Crippen LogP contribution in [0.5, 0.6) is 0 Å². The number of halogens is 1. The van der Waals surface area contributed by atoms with Crippen molar-refractivity contribution in [3.63, 3.8) is 0 Å². The number of morpholine rings is 1. The Balaban J connectivity index is 1.82. The van der Waals surface area contributed by atoms with Crippen LogP contribution in [0.15, 0.2) is 18.2 Å². The van der Waals surface area contributed by atoms with E-state index in [-0.39, 0.29) is 12.6 Å². The maximum absolute atomic E-state index is 9.54. The minimum Gasteiger partial charge on any atom is -0.394 e. The van der Waals surface area contributed by atoms with Gasteiger partial charge in [0.05, 0.1) is 25.9 Å². The van der Waals surface area contributed by atoms with Gasteiger partial charge in [0, 0.05) is 29.8 Å². The third-order valence-electron chi connectivity index (χ3n) is 3.95. The molecule has 0 spiro atoms. The van der Waals surface area contributed by atoms with Crippen molar-refractivity contribution in [3.05, 3.63) is 28.8 Å². The molecule has 0 bridgehead atoms. The second-order valence-corrected chi connectivity index (χ2v) is 5.97. The first-order chi connectivity index (χ1) is 9.78. The van der Waals surface area contributed by atoms with Crippen molar-refractivity contribution in [1.82, 2.24) is 5.32 Å². The molecule has 110 valence electrons. The summed E-state index contributed by atoms with van der Waals surface area (Å²) in [4.78, 5) is 2.22. The van der Waals surface area contributed by atoms with Crippen LogP contribution < -0.4 is 10.2 Å². The van der Waals surface area contributed by atoms with Crippen LogP contribution in [0.1, 0.15) is 18.4 Å². The van der Waals surface area contributed by atoms with Crippen molar-refractivity contribution in [3.8, 4) is 0 Å². The fourth-order valence-electron chi connectivity index (χ4n) is 2.62. The summed E-state index contributed by atoms with van der Waals surface area (Å²) in [5, 5.41) is 13.8. The highest BCUT2D eigenvalue weighted by Gasteiger charge is 2.26.